The van der Waals surface area contributed by atoms with E-state index < -0.39 is 12.0 Å². The number of benzene rings is 1. The van der Waals surface area contributed by atoms with Gasteiger partial charge in [0.15, 0.2) is 0 Å². The molecule has 0 aliphatic heterocycles. The Morgan fingerprint density at radius 1 is 1.65 bits per heavy atom. The summed E-state index contributed by atoms with van der Waals surface area (Å²) in [5.41, 5.74) is 1.33. The van der Waals surface area contributed by atoms with Crippen LogP contribution in [0.5, 0.6) is 5.75 Å². The van der Waals surface area contributed by atoms with Crippen LogP contribution in [-0.4, -0.2) is 36.4 Å². The molecule has 1 atom stereocenters. The van der Waals surface area contributed by atoms with Gasteiger partial charge in [0.2, 0.25) is 6.41 Å². The number of hydrogen-bond donors (Lipinski definition) is 2. The lowest BCUT2D eigenvalue weighted by Crippen LogP contribution is -2.37. The molecule has 1 unspecified atom stereocenters. The van der Waals surface area contributed by atoms with Crippen molar-refractivity contribution in [1.82, 2.24) is 5.32 Å². The van der Waals surface area contributed by atoms with Gasteiger partial charge in [-0.25, -0.2) is 4.79 Å². The standard InChI is InChI=1S/C13H14N2O4S/c1-19-12-3-2-9(5-14)4-10(12)6-20-7-11(13(17)18)15-8-16/h2-4,8,11H,6-7H2,1H3,(H,15,16)(H,17,18). The van der Waals surface area contributed by atoms with Gasteiger partial charge in [0, 0.05) is 17.1 Å². The van der Waals surface area contributed by atoms with Gasteiger partial charge in [-0.3, -0.25) is 4.79 Å². The van der Waals surface area contributed by atoms with Crippen molar-refractivity contribution < 1.29 is 19.4 Å². The van der Waals surface area contributed by atoms with E-state index in [-0.39, 0.29) is 5.75 Å². The second-order valence-electron chi connectivity index (χ2n) is 3.83. The maximum atomic E-state index is 10.9. The highest BCUT2D eigenvalue weighted by molar-refractivity contribution is 7.98. The quantitative estimate of drug-likeness (QED) is 0.694. The molecule has 0 aliphatic rings. The Balaban J connectivity index is 2.67. The van der Waals surface area contributed by atoms with Crippen LogP contribution in [0, 0.1) is 11.3 Å². The fourth-order valence-electron chi connectivity index (χ4n) is 1.52. The Hall–Kier alpha value is -2.20. The van der Waals surface area contributed by atoms with Crippen molar-refractivity contribution >= 4 is 24.1 Å². The summed E-state index contributed by atoms with van der Waals surface area (Å²) in [6.07, 6.45) is 0.371. The zero-order valence-electron chi connectivity index (χ0n) is 10.8. The summed E-state index contributed by atoms with van der Waals surface area (Å²) in [5, 5.41) is 20.0. The minimum Gasteiger partial charge on any atom is -0.496 e. The van der Waals surface area contributed by atoms with E-state index in [0.717, 1.165) is 5.56 Å². The van der Waals surface area contributed by atoms with E-state index in [2.05, 4.69) is 5.32 Å². The molecule has 0 aliphatic carbocycles. The SMILES string of the molecule is COc1ccc(C#N)cc1CSCC(NC=O)C(=O)O. The predicted octanol–water partition coefficient (Wildman–Crippen LogP) is 0.999. The normalized spacial score (nSPS) is 11.2. The number of thioether (sulfide) groups is 1. The Morgan fingerprint density at radius 2 is 2.40 bits per heavy atom. The average Bonchev–Trinajstić information content (AvgIpc) is 2.45. The molecule has 6 nitrogen and oxygen atoms in total. The second-order valence-corrected chi connectivity index (χ2v) is 4.86. The molecular formula is C13H14N2O4S. The van der Waals surface area contributed by atoms with Crippen LogP contribution in [0.25, 0.3) is 0 Å². The van der Waals surface area contributed by atoms with Gasteiger partial charge in [0.1, 0.15) is 11.8 Å². The monoisotopic (exact) mass is 294 g/mol. The van der Waals surface area contributed by atoms with Crippen LogP contribution < -0.4 is 10.1 Å². The molecule has 0 aromatic heterocycles. The molecule has 1 aromatic rings. The summed E-state index contributed by atoms with van der Waals surface area (Å²) < 4.78 is 5.19. The fraction of sp³-hybridized carbons (Fsp3) is 0.308. The Kier molecular flexibility index (Phi) is 6.40. The minimum absolute atomic E-state index is 0.230. The summed E-state index contributed by atoms with van der Waals surface area (Å²) in [6, 6.07) is 6.17. The molecule has 0 bridgehead atoms. The molecule has 0 fully saturated rings. The highest BCUT2D eigenvalue weighted by Gasteiger charge is 2.16. The lowest BCUT2D eigenvalue weighted by molar-refractivity contribution is -0.139. The number of carbonyl (C=O) groups is 2. The van der Waals surface area contributed by atoms with Gasteiger partial charge >= 0.3 is 5.97 Å². The number of hydrogen-bond acceptors (Lipinski definition) is 5. The molecular weight excluding hydrogens is 280 g/mol. The summed E-state index contributed by atoms with van der Waals surface area (Å²) >= 11 is 1.34. The van der Waals surface area contributed by atoms with Crippen molar-refractivity contribution in [3.05, 3.63) is 29.3 Å². The number of carbonyl (C=O) groups excluding carboxylic acids is 1. The molecule has 0 heterocycles. The average molecular weight is 294 g/mol. The molecule has 0 saturated heterocycles. The van der Waals surface area contributed by atoms with Crippen LogP contribution in [0.1, 0.15) is 11.1 Å². The van der Waals surface area contributed by atoms with Gasteiger partial charge in [-0.15, -0.1) is 0 Å². The number of aliphatic carboxylic acids is 1. The van der Waals surface area contributed by atoms with Crippen LogP contribution in [0.4, 0.5) is 0 Å². The molecule has 1 rings (SSSR count). The third kappa shape index (κ3) is 4.48. The van der Waals surface area contributed by atoms with Crippen LogP contribution in [0.2, 0.25) is 0 Å². The maximum absolute atomic E-state index is 10.9. The van der Waals surface area contributed by atoms with Gasteiger partial charge in [-0.05, 0) is 18.2 Å². The van der Waals surface area contributed by atoms with Crippen molar-refractivity contribution in [1.29, 1.82) is 5.26 Å². The van der Waals surface area contributed by atoms with Crippen molar-refractivity contribution in [2.24, 2.45) is 0 Å². The van der Waals surface area contributed by atoms with E-state index in [9.17, 15) is 9.59 Å². The molecule has 20 heavy (non-hydrogen) atoms. The Labute approximate surface area is 120 Å². The van der Waals surface area contributed by atoms with Crippen molar-refractivity contribution in [2.45, 2.75) is 11.8 Å². The van der Waals surface area contributed by atoms with E-state index in [4.69, 9.17) is 15.1 Å². The number of nitrogens with zero attached hydrogens (tertiary/aromatic N) is 1. The first-order chi connectivity index (χ1) is 9.62. The number of amides is 1. The zero-order chi connectivity index (χ0) is 15.0. The van der Waals surface area contributed by atoms with E-state index in [1.807, 2.05) is 6.07 Å². The number of nitrogens with one attached hydrogen (secondary N) is 1. The van der Waals surface area contributed by atoms with Crippen LogP contribution >= 0.6 is 11.8 Å². The first kappa shape index (κ1) is 15.9. The van der Waals surface area contributed by atoms with E-state index in [1.165, 1.54) is 18.9 Å². The maximum Gasteiger partial charge on any atom is 0.327 e. The molecule has 106 valence electrons. The summed E-state index contributed by atoms with van der Waals surface area (Å²) in [7, 11) is 1.53. The molecule has 2 N–H and O–H groups in total. The van der Waals surface area contributed by atoms with Crippen LogP contribution in [0.15, 0.2) is 18.2 Å². The number of rotatable bonds is 8. The molecule has 1 amide bonds. The first-order valence-electron chi connectivity index (χ1n) is 5.69. The Bertz CT molecular complexity index is 528. The zero-order valence-corrected chi connectivity index (χ0v) is 11.6. The summed E-state index contributed by atoms with van der Waals surface area (Å²) in [6.45, 7) is 0. The predicted molar refractivity (Wildman–Crippen MR) is 74.5 cm³/mol. The van der Waals surface area contributed by atoms with Crippen LogP contribution in [0.3, 0.4) is 0 Å². The van der Waals surface area contributed by atoms with E-state index >= 15 is 0 Å². The largest absolute Gasteiger partial charge is 0.496 e. The van der Waals surface area contributed by atoms with Gasteiger partial charge in [-0.2, -0.15) is 17.0 Å². The number of ether oxygens (including phenoxy) is 1. The van der Waals surface area contributed by atoms with Crippen molar-refractivity contribution in [2.75, 3.05) is 12.9 Å². The van der Waals surface area contributed by atoms with Gasteiger partial charge < -0.3 is 15.2 Å². The molecule has 0 radical (unpaired) electrons. The third-order valence-electron chi connectivity index (χ3n) is 2.52. The lowest BCUT2D eigenvalue weighted by atomic mass is 10.1. The van der Waals surface area contributed by atoms with Crippen LogP contribution in [-0.2, 0) is 15.3 Å². The third-order valence-corrected chi connectivity index (χ3v) is 3.60. The number of carboxylic acids is 1. The van der Waals surface area contributed by atoms with Crippen molar-refractivity contribution in [3.8, 4) is 11.8 Å². The summed E-state index contributed by atoms with van der Waals surface area (Å²) in [4.78, 5) is 21.1. The van der Waals surface area contributed by atoms with E-state index in [0.29, 0.717) is 23.5 Å². The van der Waals surface area contributed by atoms with Gasteiger partial charge in [0.05, 0.1) is 18.7 Å². The summed E-state index contributed by atoms with van der Waals surface area (Å²) in [5.74, 6) is 0.283. The first-order valence-corrected chi connectivity index (χ1v) is 6.85. The Morgan fingerprint density at radius 3 is 2.95 bits per heavy atom. The number of methoxy groups -OCH3 is 1. The molecule has 0 spiro atoms. The van der Waals surface area contributed by atoms with E-state index in [1.54, 1.807) is 18.2 Å². The van der Waals surface area contributed by atoms with Crippen molar-refractivity contribution in [3.63, 3.8) is 0 Å². The topological polar surface area (TPSA) is 99.4 Å². The fourth-order valence-corrected chi connectivity index (χ4v) is 2.56. The smallest absolute Gasteiger partial charge is 0.327 e. The lowest BCUT2D eigenvalue weighted by Gasteiger charge is -2.12. The highest BCUT2D eigenvalue weighted by Crippen LogP contribution is 2.24. The molecule has 7 heteroatoms. The molecule has 0 saturated carbocycles. The van der Waals surface area contributed by atoms with Gasteiger partial charge in [0.25, 0.3) is 0 Å². The number of carboxylic acid groups (broad SMARTS) is 1. The number of nitriles is 1. The van der Waals surface area contributed by atoms with Gasteiger partial charge in [-0.1, -0.05) is 0 Å². The minimum atomic E-state index is -1.08. The second kappa shape index (κ2) is 8.07. The highest BCUT2D eigenvalue weighted by atomic mass is 32.2. The molecule has 1 aromatic carbocycles.